The lowest BCUT2D eigenvalue weighted by Gasteiger charge is -2.07. The van der Waals surface area contributed by atoms with Crippen molar-refractivity contribution in [2.24, 2.45) is 0 Å². The Hall–Kier alpha value is -3.60. The Kier molecular flexibility index (Phi) is 6.03. The van der Waals surface area contributed by atoms with E-state index in [4.69, 9.17) is 9.15 Å². The number of benzene rings is 3. The summed E-state index contributed by atoms with van der Waals surface area (Å²) in [6.07, 6.45) is 1.08. The summed E-state index contributed by atoms with van der Waals surface area (Å²) in [5.74, 6) is 1.64. The zero-order valence-electron chi connectivity index (χ0n) is 18.0. The number of rotatable bonds is 7. The maximum atomic E-state index is 12.5. The van der Waals surface area contributed by atoms with E-state index >= 15 is 0 Å². The Morgan fingerprint density at radius 2 is 1.77 bits per heavy atom. The predicted octanol–water partition coefficient (Wildman–Crippen LogP) is 6.66. The lowest BCUT2D eigenvalue weighted by atomic mass is 9.98. The minimum absolute atomic E-state index is 0.171. The molecule has 158 valence electrons. The summed E-state index contributed by atoms with van der Waals surface area (Å²) in [6.45, 7) is 6.91. The molecule has 5 nitrogen and oxygen atoms in total. The average Bonchev–Trinajstić information content (AvgIpc) is 3.23. The number of hydrogen-bond donors (Lipinski definition) is 1. The number of hydrogen-bond acceptors (Lipinski definition) is 4. The first kappa shape index (κ1) is 20.7. The molecular weight excluding hydrogens is 388 g/mol. The van der Waals surface area contributed by atoms with E-state index in [0.717, 1.165) is 28.8 Å². The molecule has 0 unspecified atom stereocenters. The summed E-state index contributed by atoms with van der Waals surface area (Å²) in [5.41, 5.74) is 5.04. The molecule has 0 aliphatic carbocycles. The molecule has 3 aromatic carbocycles. The van der Waals surface area contributed by atoms with Crippen LogP contribution in [0.5, 0.6) is 5.75 Å². The number of nitrogens with zero attached hydrogens (tertiary/aromatic N) is 1. The first-order chi connectivity index (χ1) is 15.1. The molecule has 0 spiro atoms. The fraction of sp³-hybridized carbons (Fsp3) is 0.231. The van der Waals surface area contributed by atoms with Crippen molar-refractivity contribution in [1.82, 2.24) is 4.98 Å². The van der Waals surface area contributed by atoms with Crippen molar-refractivity contribution in [3.8, 4) is 17.2 Å². The highest BCUT2D eigenvalue weighted by Gasteiger charge is 2.12. The minimum Gasteiger partial charge on any atom is -0.494 e. The third kappa shape index (κ3) is 4.61. The highest BCUT2D eigenvalue weighted by atomic mass is 16.5. The first-order valence-electron chi connectivity index (χ1n) is 10.6. The summed E-state index contributed by atoms with van der Waals surface area (Å²) >= 11 is 0. The Bertz CT molecular complexity index is 1180. The van der Waals surface area contributed by atoms with Gasteiger partial charge < -0.3 is 14.5 Å². The third-order valence-electron chi connectivity index (χ3n) is 5.41. The Morgan fingerprint density at radius 3 is 2.45 bits per heavy atom. The summed E-state index contributed by atoms with van der Waals surface area (Å²) in [5, 5.41) is 2.91. The van der Waals surface area contributed by atoms with Crippen molar-refractivity contribution in [1.29, 1.82) is 0 Å². The normalized spacial score (nSPS) is 12.0. The standard InChI is InChI=1S/C26H26N2O3/c1-4-17(3)20-10-15-24-23(16-20)28-26(31-24)19-6-11-21(12-7-19)27-25(29)18-8-13-22(14-9-18)30-5-2/h6-17H,4-5H2,1-3H3,(H,27,29)/t17-/m1/s1. The van der Waals surface area contributed by atoms with E-state index in [1.165, 1.54) is 5.56 Å². The van der Waals surface area contributed by atoms with Gasteiger partial charge in [0.15, 0.2) is 5.58 Å². The van der Waals surface area contributed by atoms with Gasteiger partial charge in [0.05, 0.1) is 6.61 Å². The van der Waals surface area contributed by atoms with Gasteiger partial charge in [-0.1, -0.05) is 19.9 Å². The Balaban J connectivity index is 1.48. The number of carbonyl (C=O) groups is 1. The highest BCUT2D eigenvalue weighted by Crippen LogP contribution is 2.28. The van der Waals surface area contributed by atoms with Crippen LogP contribution in [0.2, 0.25) is 0 Å². The number of ether oxygens (including phenoxy) is 1. The highest BCUT2D eigenvalue weighted by molar-refractivity contribution is 6.04. The van der Waals surface area contributed by atoms with Crippen LogP contribution in [0.15, 0.2) is 71.1 Å². The Labute approximate surface area is 182 Å². The van der Waals surface area contributed by atoms with Crippen molar-refractivity contribution in [3.63, 3.8) is 0 Å². The SMILES string of the molecule is CCOc1ccc(C(=O)Nc2ccc(-c3nc4cc([C@H](C)CC)ccc4o3)cc2)cc1. The second-order valence-electron chi connectivity index (χ2n) is 7.54. The Morgan fingerprint density at radius 1 is 1.03 bits per heavy atom. The second kappa shape index (κ2) is 9.04. The van der Waals surface area contributed by atoms with Gasteiger partial charge in [-0.2, -0.15) is 0 Å². The number of fused-ring (bicyclic) bond motifs is 1. The number of aromatic nitrogens is 1. The summed E-state index contributed by atoms with van der Waals surface area (Å²) < 4.78 is 11.3. The van der Waals surface area contributed by atoms with E-state index < -0.39 is 0 Å². The van der Waals surface area contributed by atoms with Crippen LogP contribution in [0, 0.1) is 0 Å². The van der Waals surface area contributed by atoms with Gasteiger partial charge in [-0.3, -0.25) is 4.79 Å². The number of carbonyl (C=O) groups excluding carboxylic acids is 1. The van der Waals surface area contributed by atoms with Gasteiger partial charge in [0.1, 0.15) is 11.3 Å². The van der Waals surface area contributed by atoms with Gasteiger partial charge in [0.2, 0.25) is 5.89 Å². The number of amides is 1. The van der Waals surface area contributed by atoms with Crippen LogP contribution in [-0.4, -0.2) is 17.5 Å². The van der Waals surface area contributed by atoms with Crippen LogP contribution >= 0.6 is 0 Å². The van der Waals surface area contributed by atoms with Crippen LogP contribution in [0.3, 0.4) is 0 Å². The number of nitrogens with one attached hydrogen (secondary N) is 1. The van der Waals surface area contributed by atoms with Crippen LogP contribution in [0.1, 0.15) is 49.0 Å². The quantitative estimate of drug-likeness (QED) is 0.367. The van der Waals surface area contributed by atoms with Crippen LogP contribution in [0.4, 0.5) is 5.69 Å². The van der Waals surface area contributed by atoms with Crippen molar-refractivity contribution < 1.29 is 13.9 Å². The minimum atomic E-state index is -0.171. The summed E-state index contributed by atoms with van der Waals surface area (Å²) in [4.78, 5) is 17.1. The zero-order valence-corrected chi connectivity index (χ0v) is 18.0. The van der Waals surface area contributed by atoms with Gasteiger partial charge in [0.25, 0.3) is 5.91 Å². The summed E-state index contributed by atoms with van der Waals surface area (Å²) in [7, 11) is 0. The van der Waals surface area contributed by atoms with E-state index in [1.807, 2.05) is 37.3 Å². The van der Waals surface area contributed by atoms with Crippen LogP contribution in [0.25, 0.3) is 22.6 Å². The van der Waals surface area contributed by atoms with Gasteiger partial charge >= 0.3 is 0 Å². The van der Waals surface area contributed by atoms with Gasteiger partial charge in [-0.05, 0) is 85.5 Å². The zero-order chi connectivity index (χ0) is 21.8. The van der Waals surface area contributed by atoms with Crippen molar-refractivity contribution in [3.05, 3.63) is 77.9 Å². The molecule has 0 aliphatic rings. The second-order valence-corrected chi connectivity index (χ2v) is 7.54. The molecule has 0 bridgehead atoms. The van der Waals surface area contributed by atoms with Gasteiger partial charge in [-0.25, -0.2) is 4.98 Å². The molecular formula is C26H26N2O3. The van der Waals surface area contributed by atoms with E-state index in [-0.39, 0.29) is 5.91 Å². The first-order valence-corrected chi connectivity index (χ1v) is 10.6. The molecule has 0 saturated heterocycles. The predicted molar refractivity (Wildman–Crippen MR) is 124 cm³/mol. The smallest absolute Gasteiger partial charge is 0.255 e. The summed E-state index contributed by atoms with van der Waals surface area (Å²) in [6, 6.07) is 20.8. The number of oxazole rings is 1. The van der Waals surface area contributed by atoms with E-state index in [2.05, 4.69) is 36.3 Å². The maximum Gasteiger partial charge on any atom is 0.255 e. The van der Waals surface area contributed by atoms with E-state index in [1.54, 1.807) is 24.3 Å². The van der Waals surface area contributed by atoms with E-state index in [9.17, 15) is 4.79 Å². The van der Waals surface area contributed by atoms with Gasteiger partial charge in [-0.15, -0.1) is 0 Å². The molecule has 1 amide bonds. The van der Waals surface area contributed by atoms with Crippen molar-refractivity contribution in [2.45, 2.75) is 33.1 Å². The van der Waals surface area contributed by atoms with Crippen molar-refractivity contribution >= 4 is 22.7 Å². The molecule has 1 aromatic heterocycles. The fourth-order valence-electron chi connectivity index (χ4n) is 3.38. The lowest BCUT2D eigenvalue weighted by Crippen LogP contribution is -2.11. The molecule has 0 aliphatic heterocycles. The third-order valence-corrected chi connectivity index (χ3v) is 5.41. The fourth-order valence-corrected chi connectivity index (χ4v) is 3.38. The van der Waals surface area contributed by atoms with E-state index in [0.29, 0.717) is 29.7 Å². The van der Waals surface area contributed by atoms with Gasteiger partial charge in [0, 0.05) is 16.8 Å². The molecule has 4 rings (SSSR count). The lowest BCUT2D eigenvalue weighted by molar-refractivity contribution is 0.102. The molecule has 0 fully saturated rings. The molecule has 0 radical (unpaired) electrons. The maximum absolute atomic E-state index is 12.5. The molecule has 5 heteroatoms. The molecule has 4 aromatic rings. The molecule has 1 heterocycles. The molecule has 0 saturated carbocycles. The average molecular weight is 415 g/mol. The molecule has 1 N–H and O–H groups in total. The van der Waals surface area contributed by atoms with Crippen LogP contribution in [-0.2, 0) is 0 Å². The van der Waals surface area contributed by atoms with Crippen molar-refractivity contribution in [2.75, 3.05) is 11.9 Å². The largest absolute Gasteiger partial charge is 0.494 e. The monoisotopic (exact) mass is 414 g/mol. The topological polar surface area (TPSA) is 64.4 Å². The van der Waals surface area contributed by atoms with Crippen LogP contribution < -0.4 is 10.1 Å². The number of anilines is 1. The molecule has 1 atom stereocenters. The molecule has 31 heavy (non-hydrogen) atoms.